The summed E-state index contributed by atoms with van der Waals surface area (Å²) in [6, 6.07) is 10.5. The summed E-state index contributed by atoms with van der Waals surface area (Å²) in [6.07, 6.45) is 3.03. The highest BCUT2D eigenvalue weighted by molar-refractivity contribution is 5.67. The molecule has 1 aromatic carbocycles. The van der Waals surface area contributed by atoms with Crippen LogP contribution >= 0.6 is 0 Å². The number of benzene rings is 1. The second-order valence-corrected chi connectivity index (χ2v) is 7.42. The topological polar surface area (TPSA) is 50.4 Å². The van der Waals surface area contributed by atoms with Crippen LogP contribution in [0.2, 0.25) is 0 Å². The molecule has 4 nitrogen and oxygen atoms in total. The van der Waals surface area contributed by atoms with E-state index in [0.717, 1.165) is 19.5 Å². The normalized spacial score (nSPS) is 17.5. The number of ether oxygens (including phenoxy) is 1. The van der Waals surface area contributed by atoms with Gasteiger partial charge >= 0.3 is 6.09 Å². The summed E-state index contributed by atoms with van der Waals surface area (Å²) in [5, 5.41) is 6.39. The van der Waals surface area contributed by atoms with Crippen LogP contribution in [0, 0.1) is 11.8 Å². The molecule has 0 aliphatic carbocycles. The van der Waals surface area contributed by atoms with Gasteiger partial charge in [0.1, 0.15) is 5.60 Å². The fourth-order valence-corrected chi connectivity index (χ4v) is 3.17. The number of carbonyl (C=O) groups excluding carboxylic acids is 1. The van der Waals surface area contributed by atoms with E-state index in [4.69, 9.17) is 4.74 Å². The highest BCUT2D eigenvalue weighted by atomic mass is 16.6. The van der Waals surface area contributed by atoms with E-state index < -0.39 is 5.60 Å². The van der Waals surface area contributed by atoms with Crippen molar-refractivity contribution in [2.75, 3.05) is 19.6 Å². The minimum Gasteiger partial charge on any atom is -0.444 e. The zero-order valence-corrected chi connectivity index (χ0v) is 14.6. The van der Waals surface area contributed by atoms with Crippen LogP contribution in [0.25, 0.3) is 0 Å². The van der Waals surface area contributed by atoms with E-state index in [1.165, 1.54) is 18.4 Å². The Bertz CT molecular complexity index is 476. The molecular weight excluding hydrogens is 288 g/mol. The zero-order valence-electron chi connectivity index (χ0n) is 14.6. The van der Waals surface area contributed by atoms with Crippen molar-refractivity contribution in [1.82, 2.24) is 10.6 Å². The maximum atomic E-state index is 12.0. The van der Waals surface area contributed by atoms with Gasteiger partial charge in [0.25, 0.3) is 0 Å². The molecule has 1 aliphatic rings. The molecule has 1 unspecified atom stereocenters. The Morgan fingerprint density at radius 3 is 2.52 bits per heavy atom. The van der Waals surface area contributed by atoms with Crippen LogP contribution in [-0.4, -0.2) is 31.3 Å². The number of nitrogens with one attached hydrogen (secondary N) is 2. The predicted octanol–water partition coefficient (Wildman–Crippen LogP) is 3.37. The lowest BCUT2D eigenvalue weighted by Gasteiger charge is -2.31. The molecule has 0 saturated carbocycles. The van der Waals surface area contributed by atoms with Gasteiger partial charge in [-0.15, -0.1) is 0 Å². The Morgan fingerprint density at radius 2 is 1.91 bits per heavy atom. The Hall–Kier alpha value is -1.55. The highest BCUT2D eigenvalue weighted by Gasteiger charge is 2.25. The first kappa shape index (κ1) is 17.8. The van der Waals surface area contributed by atoms with Crippen molar-refractivity contribution in [1.29, 1.82) is 0 Å². The molecule has 23 heavy (non-hydrogen) atoms. The van der Waals surface area contributed by atoms with E-state index in [2.05, 4.69) is 34.9 Å². The maximum absolute atomic E-state index is 12.0. The standard InChI is InChI=1S/C19H30N2O2/c1-19(2,3)23-18(22)21-14-17(16-9-11-20-12-10-16)13-15-7-5-4-6-8-15/h4-8,16-17,20H,9-14H2,1-3H3,(H,21,22). The van der Waals surface area contributed by atoms with Crippen molar-refractivity contribution in [3.63, 3.8) is 0 Å². The first-order valence-electron chi connectivity index (χ1n) is 8.65. The lowest BCUT2D eigenvalue weighted by molar-refractivity contribution is 0.0510. The molecule has 2 N–H and O–H groups in total. The number of hydrogen-bond donors (Lipinski definition) is 2. The van der Waals surface area contributed by atoms with Crippen molar-refractivity contribution in [2.45, 2.75) is 45.6 Å². The summed E-state index contributed by atoms with van der Waals surface area (Å²) < 4.78 is 5.36. The van der Waals surface area contributed by atoms with Gasteiger partial charge < -0.3 is 15.4 Å². The Labute approximate surface area is 140 Å². The van der Waals surface area contributed by atoms with Crippen LogP contribution in [-0.2, 0) is 11.2 Å². The van der Waals surface area contributed by atoms with Gasteiger partial charge in [-0.3, -0.25) is 0 Å². The molecule has 1 saturated heterocycles. The van der Waals surface area contributed by atoms with Crippen molar-refractivity contribution in [2.24, 2.45) is 11.8 Å². The molecule has 1 atom stereocenters. The quantitative estimate of drug-likeness (QED) is 0.875. The average molecular weight is 318 g/mol. The maximum Gasteiger partial charge on any atom is 0.407 e. The van der Waals surface area contributed by atoms with Gasteiger partial charge in [-0.25, -0.2) is 4.79 Å². The molecule has 0 radical (unpaired) electrons. The zero-order chi connectivity index (χ0) is 16.7. The van der Waals surface area contributed by atoms with Gasteiger partial charge in [0.2, 0.25) is 0 Å². The molecule has 1 heterocycles. The fourth-order valence-electron chi connectivity index (χ4n) is 3.17. The minimum absolute atomic E-state index is 0.315. The summed E-state index contributed by atoms with van der Waals surface area (Å²) in [7, 11) is 0. The van der Waals surface area contributed by atoms with E-state index in [1.54, 1.807) is 0 Å². The van der Waals surface area contributed by atoms with E-state index in [-0.39, 0.29) is 6.09 Å². The Kier molecular flexibility index (Phi) is 6.46. The van der Waals surface area contributed by atoms with E-state index in [1.807, 2.05) is 26.8 Å². The predicted molar refractivity (Wildman–Crippen MR) is 93.5 cm³/mol. The average Bonchev–Trinajstić information content (AvgIpc) is 2.51. The van der Waals surface area contributed by atoms with E-state index in [9.17, 15) is 4.79 Å². The lowest BCUT2D eigenvalue weighted by Crippen LogP contribution is -2.40. The number of amides is 1. The number of alkyl carbamates (subject to hydrolysis) is 1. The van der Waals surface area contributed by atoms with Crippen molar-refractivity contribution in [3.8, 4) is 0 Å². The largest absolute Gasteiger partial charge is 0.444 e. The first-order chi connectivity index (χ1) is 10.9. The summed E-state index contributed by atoms with van der Waals surface area (Å²) >= 11 is 0. The number of hydrogen-bond acceptors (Lipinski definition) is 3. The minimum atomic E-state index is -0.451. The van der Waals surface area contributed by atoms with Crippen molar-refractivity contribution < 1.29 is 9.53 Å². The van der Waals surface area contributed by atoms with Gasteiger partial charge in [-0.1, -0.05) is 30.3 Å². The van der Waals surface area contributed by atoms with Gasteiger partial charge in [-0.2, -0.15) is 0 Å². The molecule has 4 heteroatoms. The van der Waals surface area contributed by atoms with Crippen molar-refractivity contribution >= 4 is 6.09 Å². The second-order valence-electron chi connectivity index (χ2n) is 7.42. The van der Waals surface area contributed by atoms with Gasteiger partial charge in [0.15, 0.2) is 0 Å². The smallest absolute Gasteiger partial charge is 0.407 e. The van der Waals surface area contributed by atoms with Gasteiger partial charge in [-0.05, 0) is 70.5 Å². The number of rotatable bonds is 5. The monoisotopic (exact) mass is 318 g/mol. The Morgan fingerprint density at radius 1 is 1.26 bits per heavy atom. The molecule has 2 rings (SSSR count). The van der Waals surface area contributed by atoms with Gasteiger partial charge in [0.05, 0.1) is 0 Å². The molecule has 0 spiro atoms. The van der Waals surface area contributed by atoms with E-state index in [0.29, 0.717) is 18.4 Å². The van der Waals surface area contributed by atoms with Crippen LogP contribution in [0.4, 0.5) is 4.79 Å². The van der Waals surface area contributed by atoms with Crippen LogP contribution < -0.4 is 10.6 Å². The molecular formula is C19H30N2O2. The van der Waals surface area contributed by atoms with Crippen LogP contribution in [0.1, 0.15) is 39.2 Å². The molecule has 128 valence electrons. The van der Waals surface area contributed by atoms with E-state index >= 15 is 0 Å². The van der Waals surface area contributed by atoms with Crippen molar-refractivity contribution in [3.05, 3.63) is 35.9 Å². The SMILES string of the molecule is CC(C)(C)OC(=O)NCC(Cc1ccccc1)C1CCNCC1. The molecule has 1 amide bonds. The number of piperidine rings is 1. The summed E-state index contributed by atoms with van der Waals surface area (Å²) in [6.45, 7) is 8.49. The second kappa shape index (κ2) is 8.34. The molecule has 1 aliphatic heterocycles. The van der Waals surface area contributed by atoms with Crippen LogP contribution in [0.5, 0.6) is 0 Å². The summed E-state index contributed by atoms with van der Waals surface area (Å²) in [5.74, 6) is 1.10. The third-order valence-electron chi connectivity index (χ3n) is 4.30. The Balaban J connectivity index is 1.94. The molecule has 0 aromatic heterocycles. The third kappa shape index (κ3) is 6.61. The summed E-state index contributed by atoms with van der Waals surface area (Å²) in [4.78, 5) is 12.0. The molecule has 1 fully saturated rings. The third-order valence-corrected chi connectivity index (χ3v) is 4.30. The molecule has 1 aromatic rings. The summed E-state index contributed by atoms with van der Waals surface area (Å²) in [5.41, 5.74) is 0.885. The van der Waals surface area contributed by atoms with Gasteiger partial charge in [0, 0.05) is 6.54 Å². The fraction of sp³-hybridized carbons (Fsp3) is 0.632. The lowest BCUT2D eigenvalue weighted by atomic mass is 9.81. The molecule has 0 bridgehead atoms. The van der Waals surface area contributed by atoms with Crippen LogP contribution in [0.3, 0.4) is 0 Å². The first-order valence-corrected chi connectivity index (χ1v) is 8.65. The highest BCUT2D eigenvalue weighted by Crippen LogP contribution is 2.25. The number of carbonyl (C=O) groups is 1. The van der Waals surface area contributed by atoms with Crippen LogP contribution in [0.15, 0.2) is 30.3 Å².